The van der Waals surface area contributed by atoms with Gasteiger partial charge in [0.2, 0.25) is 11.8 Å². The highest BCUT2D eigenvalue weighted by atomic mass is 19.1. The average Bonchev–Trinajstić information content (AvgIpc) is 2.54. The third kappa shape index (κ3) is 4.54. The number of piperidine rings is 1. The molecule has 0 aliphatic carbocycles. The van der Waals surface area contributed by atoms with Crippen LogP contribution < -0.4 is 11.1 Å². The van der Waals surface area contributed by atoms with Crippen molar-refractivity contribution in [2.75, 3.05) is 13.1 Å². The summed E-state index contributed by atoms with van der Waals surface area (Å²) in [5.41, 5.74) is 6.28. The molecule has 1 aliphatic rings. The van der Waals surface area contributed by atoms with E-state index in [0.29, 0.717) is 38.0 Å². The monoisotopic (exact) mass is 335 g/mol. The third-order valence-electron chi connectivity index (χ3n) is 4.41. The van der Waals surface area contributed by atoms with Crippen molar-refractivity contribution in [3.63, 3.8) is 0 Å². The molecule has 1 saturated heterocycles. The Morgan fingerprint density at radius 2 is 1.96 bits per heavy atom. The van der Waals surface area contributed by atoms with Crippen molar-refractivity contribution in [2.45, 2.75) is 45.7 Å². The molecule has 0 radical (unpaired) electrons. The maximum atomic E-state index is 13.5. The van der Waals surface area contributed by atoms with E-state index in [1.54, 1.807) is 31.7 Å². The summed E-state index contributed by atoms with van der Waals surface area (Å²) in [6.45, 7) is 6.47. The van der Waals surface area contributed by atoms with Gasteiger partial charge in [-0.3, -0.25) is 9.59 Å². The summed E-state index contributed by atoms with van der Waals surface area (Å²) in [4.78, 5) is 26.1. The summed E-state index contributed by atoms with van der Waals surface area (Å²) < 4.78 is 13.5. The fourth-order valence-corrected chi connectivity index (χ4v) is 2.83. The van der Waals surface area contributed by atoms with E-state index in [2.05, 4.69) is 5.32 Å². The van der Waals surface area contributed by atoms with Crippen LogP contribution >= 0.6 is 0 Å². The maximum Gasteiger partial charge on any atom is 0.242 e. The minimum atomic E-state index is -0.884. The van der Waals surface area contributed by atoms with Crippen molar-refractivity contribution in [3.05, 3.63) is 35.1 Å². The summed E-state index contributed by atoms with van der Waals surface area (Å²) in [6.07, 6.45) is 1.24. The predicted octanol–water partition coefficient (Wildman–Crippen LogP) is 1.73. The maximum absolute atomic E-state index is 13.5. The van der Waals surface area contributed by atoms with E-state index in [-0.39, 0.29) is 23.5 Å². The SMILES string of the molecule is Cc1ccc(CNC(=O)C2CCN(C(=O)C(C)(C)N)CC2)cc1F. The van der Waals surface area contributed by atoms with Gasteiger partial charge in [-0.1, -0.05) is 12.1 Å². The van der Waals surface area contributed by atoms with Gasteiger partial charge in [0, 0.05) is 25.6 Å². The normalized spacial score (nSPS) is 16.1. The Kier molecular flexibility index (Phi) is 5.59. The van der Waals surface area contributed by atoms with Crippen LogP contribution in [0.4, 0.5) is 4.39 Å². The van der Waals surface area contributed by atoms with Gasteiger partial charge in [0.1, 0.15) is 5.82 Å². The number of nitrogens with two attached hydrogens (primary N) is 1. The number of aryl methyl sites for hydroxylation is 1. The predicted molar refractivity (Wildman–Crippen MR) is 90.6 cm³/mol. The Hall–Kier alpha value is -1.95. The molecule has 2 rings (SSSR count). The Labute approximate surface area is 142 Å². The molecule has 1 aliphatic heterocycles. The largest absolute Gasteiger partial charge is 0.352 e. The molecule has 0 spiro atoms. The number of halogens is 1. The zero-order chi connectivity index (χ0) is 17.9. The molecular formula is C18H26FN3O2. The van der Waals surface area contributed by atoms with Crippen LogP contribution in [0.25, 0.3) is 0 Å². The fourth-order valence-electron chi connectivity index (χ4n) is 2.83. The van der Waals surface area contributed by atoms with Gasteiger partial charge < -0.3 is 16.0 Å². The number of amides is 2. The standard InChI is InChI=1S/C18H26FN3O2/c1-12-4-5-13(10-15(12)19)11-21-16(23)14-6-8-22(9-7-14)17(24)18(2,3)20/h4-5,10,14H,6-9,11,20H2,1-3H3,(H,21,23). The van der Waals surface area contributed by atoms with E-state index in [1.165, 1.54) is 6.07 Å². The third-order valence-corrected chi connectivity index (χ3v) is 4.41. The van der Waals surface area contributed by atoms with Crippen LogP contribution in [0.5, 0.6) is 0 Å². The lowest BCUT2D eigenvalue weighted by Gasteiger charge is -2.35. The van der Waals surface area contributed by atoms with Crippen LogP contribution in [0.3, 0.4) is 0 Å². The van der Waals surface area contributed by atoms with Crippen molar-refractivity contribution >= 4 is 11.8 Å². The highest BCUT2D eigenvalue weighted by Crippen LogP contribution is 2.20. The molecule has 24 heavy (non-hydrogen) atoms. The second-order valence-corrected chi connectivity index (χ2v) is 7.09. The van der Waals surface area contributed by atoms with Gasteiger partial charge in [-0.05, 0) is 50.8 Å². The molecule has 2 amide bonds. The van der Waals surface area contributed by atoms with Crippen LogP contribution in [0.15, 0.2) is 18.2 Å². The Morgan fingerprint density at radius 3 is 2.50 bits per heavy atom. The fraction of sp³-hybridized carbons (Fsp3) is 0.556. The van der Waals surface area contributed by atoms with E-state index >= 15 is 0 Å². The molecule has 0 atom stereocenters. The summed E-state index contributed by atoms with van der Waals surface area (Å²) in [5, 5.41) is 2.86. The second kappa shape index (κ2) is 7.30. The second-order valence-electron chi connectivity index (χ2n) is 7.09. The van der Waals surface area contributed by atoms with E-state index < -0.39 is 5.54 Å². The Morgan fingerprint density at radius 1 is 1.33 bits per heavy atom. The topological polar surface area (TPSA) is 75.4 Å². The number of rotatable bonds is 4. The Bertz CT molecular complexity index is 617. The van der Waals surface area contributed by atoms with E-state index in [1.807, 2.05) is 6.07 Å². The minimum Gasteiger partial charge on any atom is -0.352 e. The molecule has 132 valence electrons. The molecule has 0 unspecified atom stereocenters. The first-order valence-corrected chi connectivity index (χ1v) is 8.29. The number of hydrogen-bond acceptors (Lipinski definition) is 3. The average molecular weight is 335 g/mol. The van der Waals surface area contributed by atoms with Crippen LogP contribution in [-0.2, 0) is 16.1 Å². The van der Waals surface area contributed by atoms with E-state index in [0.717, 1.165) is 5.56 Å². The molecular weight excluding hydrogens is 309 g/mol. The first-order valence-electron chi connectivity index (χ1n) is 8.29. The van der Waals surface area contributed by atoms with Gasteiger partial charge in [0.05, 0.1) is 5.54 Å². The van der Waals surface area contributed by atoms with E-state index in [9.17, 15) is 14.0 Å². The summed E-state index contributed by atoms with van der Waals surface area (Å²) in [7, 11) is 0. The number of nitrogens with zero attached hydrogens (tertiary/aromatic N) is 1. The van der Waals surface area contributed by atoms with Gasteiger partial charge in [0.25, 0.3) is 0 Å². The van der Waals surface area contributed by atoms with Gasteiger partial charge in [-0.25, -0.2) is 4.39 Å². The van der Waals surface area contributed by atoms with Gasteiger partial charge in [-0.15, -0.1) is 0 Å². The first-order chi connectivity index (χ1) is 11.2. The van der Waals surface area contributed by atoms with Crippen molar-refractivity contribution in [1.82, 2.24) is 10.2 Å². The van der Waals surface area contributed by atoms with Crippen LogP contribution in [0.2, 0.25) is 0 Å². The highest BCUT2D eigenvalue weighted by Gasteiger charge is 2.32. The smallest absolute Gasteiger partial charge is 0.242 e. The van der Waals surface area contributed by atoms with E-state index in [4.69, 9.17) is 5.73 Å². The molecule has 0 bridgehead atoms. The molecule has 3 N–H and O–H groups in total. The first kappa shape index (κ1) is 18.4. The molecule has 1 aromatic carbocycles. The van der Waals surface area contributed by atoms with Crippen LogP contribution in [0.1, 0.15) is 37.8 Å². The lowest BCUT2D eigenvalue weighted by Crippen LogP contribution is -2.54. The number of likely N-dealkylation sites (tertiary alicyclic amines) is 1. The lowest BCUT2D eigenvalue weighted by molar-refractivity contribution is -0.139. The molecule has 0 saturated carbocycles. The summed E-state index contributed by atoms with van der Waals surface area (Å²) in [6, 6.07) is 4.96. The van der Waals surface area contributed by atoms with Gasteiger partial charge >= 0.3 is 0 Å². The Balaban J connectivity index is 1.82. The van der Waals surface area contributed by atoms with Crippen molar-refractivity contribution in [2.24, 2.45) is 11.7 Å². The number of carbonyl (C=O) groups excluding carboxylic acids is 2. The highest BCUT2D eigenvalue weighted by molar-refractivity contribution is 5.85. The number of carbonyl (C=O) groups is 2. The zero-order valence-electron chi connectivity index (χ0n) is 14.6. The minimum absolute atomic E-state index is 0.0462. The van der Waals surface area contributed by atoms with Crippen LogP contribution in [0, 0.1) is 18.7 Å². The summed E-state index contributed by atoms with van der Waals surface area (Å²) in [5.74, 6) is -0.519. The molecule has 1 fully saturated rings. The van der Waals surface area contributed by atoms with Crippen molar-refractivity contribution in [1.29, 1.82) is 0 Å². The van der Waals surface area contributed by atoms with Gasteiger partial charge in [0.15, 0.2) is 0 Å². The molecule has 5 nitrogen and oxygen atoms in total. The lowest BCUT2D eigenvalue weighted by atomic mass is 9.94. The molecule has 1 aromatic rings. The molecule has 0 aromatic heterocycles. The number of nitrogens with one attached hydrogen (secondary N) is 1. The van der Waals surface area contributed by atoms with Crippen LogP contribution in [-0.4, -0.2) is 35.3 Å². The molecule has 6 heteroatoms. The molecule has 1 heterocycles. The number of hydrogen-bond donors (Lipinski definition) is 2. The summed E-state index contributed by atoms with van der Waals surface area (Å²) >= 11 is 0. The number of benzene rings is 1. The quantitative estimate of drug-likeness (QED) is 0.880. The zero-order valence-corrected chi connectivity index (χ0v) is 14.6. The van der Waals surface area contributed by atoms with Gasteiger partial charge in [-0.2, -0.15) is 0 Å². The van der Waals surface area contributed by atoms with Crippen molar-refractivity contribution < 1.29 is 14.0 Å². The van der Waals surface area contributed by atoms with Crippen molar-refractivity contribution in [3.8, 4) is 0 Å².